The Morgan fingerprint density at radius 2 is 1.75 bits per heavy atom. The molecule has 0 aromatic heterocycles. The maximum Gasteiger partial charge on any atom is 0.345 e. The lowest BCUT2D eigenvalue weighted by Crippen LogP contribution is -2.42. The van der Waals surface area contributed by atoms with E-state index in [-0.39, 0.29) is 0 Å². The van der Waals surface area contributed by atoms with Crippen molar-refractivity contribution in [2.24, 2.45) is 0 Å². The van der Waals surface area contributed by atoms with E-state index in [1.807, 2.05) is 5.32 Å². The minimum atomic E-state index is -0.655. The average molecular weight is 174 g/mol. The molecule has 0 unspecified atom stereocenters. The summed E-state index contributed by atoms with van der Waals surface area (Å²) in [5.74, 6) is -0.426. The van der Waals surface area contributed by atoms with Crippen LogP contribution in [-0.4, -0.2) is 17.5 Å². The summed E-state index contributed by atoms with van der Waals surface area (Å²) < 4.78 is 0. The topological polar surface area (TPSA) is 67.4 Å². The molecule has 0 aliphatic carbocycles. The molecule has 70 valence electrons. The van der Waals surface area contributed by atoms with Crippen molar-refractivity contribution in [3.8, 4) is 0 Å². The summed E-state index contributed by atoms with van der Waals surface area (Å²) in [5, 5.41) is 2.00. The van der Waals surface area contributed by atoms with Gasteiger partial charge in [-0.15, -0.1) is 0 Å². The fraction of sp³-hybridized carbons (Fsp3) is 0.714. The summed E-state index contributed by atoms with van der Waals surface area (Å²) in [7, 11) is 0. The average Bonchev–Trinajstić information content (AvgIpc) is 1.80. The number of carbonyl (C=O) groups excluding carboxylic acids is 2. The Morgan fingerprint density at radius 1 is 1.25 bits per heavy atom. The molecule has 2 N–H and O–H groups in total. The largest absolute Gasteiger partial charge is 0.345 e. The number of carbonyl (C=O) groups is 2. The molecule has 0 saturated carbocycles. The minimum Gasteiger partial charge on any atom is -0.277 e. The van der Waals surface area contributed by atoms with E-state index in [0.717, 1.165) is 0 Å². The van der Waals surface area contributed by atoms with E-state index >= 15 is 0 Å². The molecule has 0 aliphatic heterocycles. The molecule has 0 aliphatic rings. The molecule has 0 spiro atoms. The fourth-order valence-electron chi connectivity index (χ4n) is 0.385. The van der Waals surface area contributed by atoms with Crippen LogP contribution in [0.4, 0.5) is 4.79 Å². The van der Waals surface area contributed by atoms with E-state index in [1.54, 1.807) is 20.8 Å². The molecule has 12 heavy (non-hydrogen) atoms. The third-order valence-electron chi connectivity index (χ3n) is 0.739. The Morgan fingerprint density at radius 3 is 2.08 bits per heavy atom. The first-order valence-electron chi connectivity index (χ1n) is 3.57. The molecule has 0 heterocycles. The normalized spacial score (nSPS) is 10.7. The smallest absolute Gasteiger partial charge is 0.277 e. The summed E-state index contributed by atoms with van der Waals surface area (Å²) >= 11 is 0. The number of amides is 3. The molecule has 0 rings (SSSR count). The summed E-state index contributed by atoms with van der Waals surface area (Å²) in [6.07, 6.45) is 0. The highest BCUT2D eigenvalue weighted by atomic mass is 16.7. The Bertz CT molecular complexity index is 184. The quantitative estimate of drug-likeness (QED) is 0.571. The van der Waals surface area contributed by atoms with Crippen molar-refractivity contribution in [1.82, 2.24) is 10.8 Å². The first kappa shape index (κ1) is 10.9. The van der Waals surface area contributed by atoms with Gasteiger partial charge in [0.1, 0.15) is 0 Å². The number of hydroxylamine groups is 1. The van der Waals surface area contributed by atoms with Crippen LogP contribution in [0.15, 0.2) is 0 Å². The van der Waals surface area contributed by atoms with Gasteiger partial charge in [0.05, 0.1) is 5.60 Å². The van der Waals surface area contributed by atoms with Crippen LogP contribution >= 0.6 is 0 Å². The standard InChI is InChI=1S/C7H14N2O3/c1-5(10)8-6(11)9-12-7(2,3)4/h1-4H3,(H2,8,9,10,11). The molecule has 3 amide bonds. The SMILES string of the molecule is CC(=O)NC(=O)NOC(C)(C)C. The van der Waals surface area contributed by atoms with Gasteiger partial charge in [-0.1, -0.05) is 0 Å². The number of hydrogen-bond donors (Lipinski definition) is 2. The van der Waals surface area contributed by atoms with E-state index < -0.39 is 17.5 Å². The summed E-state index contributed by atoms with van der Waals surface area (Å²) in [4.78, 5) is 26.0. The van der Waals surface area contributed by atoms with Crippen LogP contribution in [-0.2, 0) is 9.63 Å². The molecule has 0 atom stereocenters. The molecule has 0 aromatic rings. The lowest BCUT2D eigenvalue weighted by atomic mass is 10.2. The van der Waals surface area contributed by atoms with Crippen LogP contribution in [0.5, 0.6) is 0 Å². The molecule has 0 radical (unpaired) electrons. The second-order valence-corrected chi connectivity index (χ2v) is 3.33. The minimum absolute atomic E-state index is 0.426. The molecule has 0 bridgehead atoms. The van der Waals surface area contributed by atoms with Gasteiger partial charge < -0.3 is 0 Å². The lowest BCUT2D eigenvalue weighted by molar-refractivity contribution is -0.118. The number of imide groups is 1. The molecule has 5 nitrogen and oxygen atoms in total. The Hall–Kier alpha value is -1.10. The zero-order chi connectivity index (χ0) is 9.78. The monoisotopic (exact) mass is 174 g/mol. The summed E-state index contributed by atoms with van der Waals surface area (Å²) in [6.45, 7) is 6.58. The van der Waals surface area contributed by atoms with E-state index in [0.29, 0.717) is 0 Å². The van der Waals surface area contributed by atoms with Crippen LogP contribution in [0.25, 0.3) is 0 Å². The molecule has 5 heteroatoms. The third kappa shape index (κ3) is 7.01. The van der Waals surface area contributed by atoms with E-state index in [9.17, 15) is 9.59 Å². The van der Waals surface area contributed by atoms with Crippen molar-refractivity contribution < 1.29 is 14.4 Å². The van der Waals surface area contributed by atoms with Gasteiger partial charge in [-0.05, 0) is 20.8 Å². The maximum absolute atomic E-state index is 10.7. The number of hydrogen-bond acceptors (Lipinski definition) is 3. The van der Waals surface area contributed by atoms with Crippen molar-refractivity contribution in [1.29, 1.82) is 0 Å². The van der Waals surface area contributed by atoms with E-state index in [4.69, 9.17) is 4.84 Å². The molecule has 0 aromatic carbocycles. The van der Waals surface area contributed by atoms with Gasteiger partial charge in [0.2, 0.25) is 5.91 Å². The molecular formula is C7H14N2O3. The number of urea groups is 1. The Kier molecular flexibility index (Phi) is 3.69. The van der Waals surface area contributed by atoms with Gasteiger partial charge in [-0.2, -0.15) is 0 Å². The van der Waals surface area contributed by atoms with Gasteiger partial charge in [0.25, 0.3) is 0 Å². The van der Waals surface area contributed by atoms with Gasteiger partial charge in [-0.25, -0.2) is 10.3 Å². The summed E-state index contributed by atoms with van der Waals surface area (Å²) in [6, 6.07) is -0.655. The zero-order valence-electron chi connectivity index (χ0n) is 7.72. The third-order valence-corrected chi connectivity index (χ3v) is 0.739. The van der Waals surface area contributed by atoms with Crippen molar-refractivity contribution >= 4 is 11.9 Å². The Balaban J connectivity index is 3.65. The van der Waals surface area contributed by atoms with Gasteiger partial charge in [0.15, 0.2) is 0 Å². The van der Waals surface area contributed by atoms with Crippen LogP contribution in [0, 0.1) is 0 Å². The highest BCUT2D eigenvalue weighted by Gasteiger charge is 2.12. The van der Waals surface area contributed by atoms with Crippen LogP contribution in [0.3, 0.4) is 0 Å². The highest BCUT2D eigenvalue weighted by molar-refractivity contribution is 5.92. The highest BCUT2D eigenvalue weighted by Crippen LogP contribution is 2.02. The van der Waals surface area contributed by atoms with Gasteiger partial charge >= 0.3 is 6.03 Å². The lowest BCUT2D eigenvalue weighted by Gasteiger charge is -2.18. The van der Waals surface area contributed by atoms with Crippen molar-refractivity contribution in [2.75, 3.05) is 0 Å². The van der Waals surface area contributed by atoms with Crippen molar-refractivity contribution in [3.05, 3.63) is 0 Å². The molecule has 0 fully saturated rings. The molecular weight excluding hydrogens is 160 g/mol. The maximum atomic E-state index is 10.7. The second-order valence-electron chi connectivity index (χ2n) is 3.33. The zero-order valence-corrected chi connectivity index (χ0v) is 7.72. The van der Waals surface area contributed by atoms with Gasteiger partial charge in [0, 0.05) is 6.92 Å². The van der Waals surface area contributed by atoms with Crippen molar-refractivity contribution in [3.63, 3.8) is 0 Å². The van der Waals surface area contributed by atoms with Crippen LogP contribution in [0.1, 0.15) is 27.7 Å². The predicted molar refractivity (Wildman–Crippen MR) is 43.2 cm³/mol. The second kappa shape index (κ2) is 4.06. The van der Waals surface area contributed by atoms with Crippen LogP contribution < -0.4 is 10.8 Å². The Labute approximate surface area is 71.4 Å². The fourth-order valence-corrected chi connectivity index (χ4v) is 0.385. The summed E-state index contributed by atoms with van der Waals surface area (Å²) in [5.41, 5.74) is 1.62. The van der Waals surface area contributed by atoms with Crippen LogP contribution in [0.2, 0.25) is 0 Å². The van der Waals surface area contributed by atoms with E-state index in [1.165, 1.54) is 6.92 Å². The first-order chi connectivity index (χ1) is 5.31. The first-order valence-corrected chi connectivity index (χ1v) is 3.57. The molecule has 0 saturated heterocycles. The predicted octanol–water partition coefficient (Wildman–Crippen LogP) is 0.562. The number of nitrogens with one attached hydrogen (secondary N) is 2. The number of rotatable bonds is 1. The van der Waals surface area contributed by atoms with Gasteiger partial charge in [-0.3, -0.25) is 14.9 Å². The van der Waals surface area contributed by atoms with Crippen molar-refractivity contribution in [2.45, 2.75) is 33.3 Å². The van der Waals surface area contributed by atoms with E-state index in [2.05, 4.69) is 5.48 Å².